The van der Waals surface area contributed by atoms with Crippen molar-refractivity contribution in [1.82, 2.24) is 10.9 Å². The molecule has 0 aliphatic rings. The molecule has 0 aliphatic heterocycles. The summed E-state index contributed by atoms with van der Waals surface area (Å²) in [6, 6.07) is 0. The maximum Gasteiger partial charge on any atom is 0.234 e. The van der Waals surface area contributed by atoms with Crippen LogP contribution in [0.4, 0.5) is 0 Å². The summed E-state index contributed by atoms with van der Waals surface area (Å²) >= 11 is 0. The molecule has 0 aromatic rings. The molecule has 25 heavy (non-hydrogen) atoms. The maximum absolute atomic E-state index is 11.6. The van der Waals surface area contributed by atoms with Gasteiger partial charge in [-0.05, 0) is 12.3 Å². The summed E-state index contributed by atoms with van der Waals surface area (Å²) in [5.41, 5.74) is 5.76. The van der Waals surface area contributed by atoms with Crippen molar-refractivity contribution in [1.29, 1.82) is 0 Å². The number of nitrogens with one attached hydrogen (secondary N) is 2. The Labute approximate surface area is 158 Å². The minimum absolute atomic E-state index is 0.135. The second-order valence-corrected chi connectivity index (χ2v) is 8.02. The number of carbonyl (C=O) groups excluding carboxylic acids is 1. The quantitative estimate of drug-likeness (QED) is 0.205. The third-order valence-electron chi connectivity index (χ3n) is 4.75. The van der Waals surface area contributed by atoms with Gasteiger partial charge in [0.25, 0.3) is 0 Å². The summed E-state index contributed by atoms with van der Waals surface area (Å²) in [5, 5.41) is 0. The normalized spacial score (nSPS) is 11.2. The average molecular weight is 355 g/mol. The molecule has 3 heteroatoms. The highest BCUT2D eigenvalue weighted by Gasteiger charge is 2.01. The first-order valence-corrected chi connectivity index (χ1v) is 11.2. The first kappa shape index (κ1) is 24.4. The molecular formula is C22H46N2O. The second kappa shape index (κ2) is 19.8. The van der Waals surface area contributed by atoms with Crippen LogP contribution < -0.4 is 10.9 Å². The lowest BCUT2D eigenvalue weighted by Crippen LogP contribution is -2.39. The van der Waals surface area contributed by atoms with Crippen LogP contribution >= 0.6 is 0 Å². The fourth-order valence-electron chi connectivity index (χ4n) is 3.07. The summed E-state index contributed by atoms with van der Waals surface area (Å²) in [6.07, 6.45) is 21.1. The zero-order valence-electron chi connectivity index (χ0n) is 17.5. The summed E-state index contributed by atoms with van der Waals surface area (Å²) in [6.45, 7) is 7.38. The van der Waals surface area contributed by atoms with Gasteiger partial charge >= 0.3 is 0 Å². The van der Waals surface area contributed by atoms with E-state index in [1.807, 2.05) is 0 Å². The van der Waals surface area contributed by atoms with Gasteiger partial charge in [0.1, 0.15) is 0 Å². The highest BCUT2D eigenvalue weighted by atomic mass is 16.2. The van der Waals surface area contributed by atoms with E-state index in [1.165, 1.54) is 89.9 Å². The zero-order valence-corrected chi connectivity index (χ0v) is 17.5. The van der Waals surface area contributed by atoms with E-state index in [0.717, 1.165) is 13.0 Å². The van der Waals surface area contributed by atoms with Crippen molar-refractivity contribution in [2.24, 2.45) is 5.92 Å². The Morgan fingerprint density at radius 1 is 0.680 bits per heavy atom. The summed E-state index contributed by atoms with van der Waals surface area (Å²) in [7, 11) is 0. The topological polar surface area (TPSA) is 41.1 Å². The van der Waals surface area contributed by atoms with Gasteiger partial charge in [-0.1, -0.05) is 111 Å². The third-order valence-corrected chi connectivity index (χ3v) is 4.75. The van der Waals surface area contributed by atoms with Crippen molar-refractivity contribution in [3.8, 4) is 0 Å². The Bertz CT molecular complexity index is 279. The van der Waals surface area contributed by atoms with Gasteiger partial charge in [0.05, 0.1) is 0 Å². The van der Waals surface area contributed by atoms with Gasteiger partial charge in [0.15, 0.2) is 0 Å². The van der Waals surface area contributed by atoms with Crippen molar-refractivity contribution >= 4 is 5.91 Å². The second-order valence-electron chi connectivity index (χ2n) is 8.02. The third kappa shape index (κ3) is 21.4. The summed E-state index contributed by atoms with van der Waals surface area (Å²) < 4.78 is 0. The lowest BCUT2D eigenvalue weighted by Gasteiger charge is -2.09. The molecule has 0 spiro atoms. The van der Waals surface area contributed by atoms with Gasteiger partial charge < -0.3 is 0 Å². The smallest absolute Gasteiger partial charge is 0.234 e. The predicted octanol–water partition coefficient (Wildman–Crippen LogP) is 6.52. The molecule has 0 fully saturated rings. The van der Waals surface area contributed by atoms with Gasteiger partial charge in [-0.15, -0.1) is 0 Å². The van der Waals surface area contributed by atoms with Crippen LogP contribution in [0.25, 0.3) is 0 Å². The molecule has 0 rings (SSSR count). The van der Waals surface area contributed by atoms with E-state index in [1.54, 1.807) is 0 Å². The van der Waals surface area contributed by atoms with E-state index in [0.29, 0.717) is 12.3 Å². The zero-order chi connectivity index (χ0) is 18.6. The molecule has 3 nitrogen and oxygen atoms in total. The molecule has 1 amide bonds. The van der Waals surface area contributed by atoms with Crippen LogP contribution in [0.2, 0.25) is 0 Å². The number of rotatable bonds is 19. The molecule has 0 radical (unpaired) electrons. The van der Waals surface area contributed by atoms with Crippen LogP contribution in [0.3, 0.4) is 0 Å². The van der Waals surface area contributed by atoms with Crippen LogP contribution in [0.5, 0.6) is 0 Å². The van der Waals surface area contributed by atoms with E-state index in [2.05, 4.69) is 31.6 Å². The molecule has 0 atom stereocenters. The molecular weight excluding hydrogens is 308 g/mol. The Morgan fingerprint density at radius 2 is 1.08 bits per heavy atom. The van der Waals surface area contributed by atoms with Crippen molar-refractivity contribution in [3.05, 3.63) is 0 Å². The number of unbranched alkanes of at least 4 members (excludes halogenated alkanes) is 14. The predicted molar refractivity (Wildman–Crippen MR) is 111 cm³/mol. The van der Waals surface area contributed by atoms with Crippen molar-refractivity contribution in [2.45, 2.75) is 124 Å². The van der Waals surface area contributed by atoms with Gasteiger partial charge in [0, 0.05) is 13.0 Å². The van der Waals surface area contributed by atoms with Gasteiger partial charge in [-0.2, -0.15) is 0 Å². The minimum atomic E-state index is 0.135. The van der Waals surface area contributed by atoms with Crippen LogP contribution in [-0.4, -0.2) is 12.5 Å². The largest absolute Gasteiger partial charge is 0.292 e. The monoisotopic (exact) mass is 354 g/mol. The Morgan fingerprint density at radius 3 is 1.48 bits per heavy atom. The first-order valence-electron chi connectivity index (χ1n) is 11.2. The lowest BCUT2D eigenvalue weighted by atomic mass is 10.0. The summed E-state index contributed by atoms with van der Waals surface area (Å²) in [5.74, 6) is 0.696. The molecule has 150 valence electrons. The SMILES string of the molecule is CCCCCCCCCCCCCCCCCC(=O)NNCC(C)C. The Kier molecular flexibility index (Phi) is 19.3. The van der Waals surface area contributed by atoms with Gasteiger partial charge in [-0.3, -0.25) is 10.2 Å². The number of hydrogen-bond acceptors (Lipinski definition) is 2. The minimum Gasteiger partial charge on any atom is -0.292 e. The molecule has 0 unspecified atom stereocenters. The molecule has 0 saturated heterocycles. The average Bonchev–Trinajstić information content (AvgIpc) is 2.58. The van der Waals surface area contributed by atoms with Crippen molar-refractivity contribution in [2.75, 3.05) is 6.54 Å². The Balaban J connectivity index is 3.10. The molecule has 0 bridgehead atoms. The highest BCUT2D eigenvalue weighted by molar-refractivity contribution is 5.75. The molecule has 2 N–H and O–H groups in total. The molecule has 0 aliphatic carbocycles. The molecule has 0 saturated carbocycles. The Hall–Kier alpha value is -0.570. The van der Waals surface area contributed by atoms with Gasteiger partial charge in [-0.25, -0.2) is 5.43 Å². The van der Waals surface area contributed by atoms with Gasteiger partial charge in [0.2, 0.25) is 5.91 Å². The van der Waals surface area contributed by atoms with Crippen LogP contribution in [0, 0.1) is 5.92 Å². The number of carbonyl (C=O) groups is 1. The standard InChI is InChI=1S/C22H46N2O/c1-4-5-6-7-8-9-10-11-12-13-14-15-16-17-18-19-22(25)24-23-20-21(2)3/h21,23H,4-20H2,1-3H3,(H,24,25). The molecule has 0 aromatic carbocycles. The maximum atomic E-state index is 11.6. The fraction of sp³-hybridized carbons (Fsp3) is 0.955. The van der Waals surface area contributed by atoms with E-state index < -0.39 is 0 Å². The van der Waals surface area contributed by atoms with Crippen LogP contribution in [0.1, 0.15) is 124 Å². The number of hydrogen-bond donors (Lipinski definition) is 2. The van der Waals surface area contributed by atoms with E-state index >= 15 is 0 Å². The molecule has 0 heterocycles. The fourth-order valence-corrected chi connectivity index (χ4v) is 3.07. The van der Waals surface area contributed by atoms with Crippen LogP contribution in [0.15, 0.2) is 0 Å². The van der Waals surface area contributed by atoms with E-state index in [4.69, 9.17) is 0 Å². The number of amides is 1. The van der Waals surface area contributed by atoms with E-state index in [-0.39, 0.29) is 5.91 Å². The van der Waals surface area contributed by atoms with Crippen molar-refractivity contribution in [3.63, 3.8) is 0 Å². The first-order chi connectivity index (χ1) is 12.2. The van der Waals surface area contributed by atoms with Crippen molar-refractivity contribution < 1.29 is 4.79 Å². The van der Waals surface area contributed by atoms with Crippen LogP contribution in [-0.2, 0) is 4.79 Å². The van der Waals surface area contributed by atoms with E-state index in [9.17, 15) is 4.79 Å². The highest BCUT2D eigenvalue weighted by Crippen LogP contribution is 2.13. The summed E-state index contributed by atoms with van der Waals surface area (Å²) in [4.78, 5) is 11.6. The molecule has 0 aromatic heterocycles. The number of hydrazine groups is 1. The lowest BCUT2D eigenvalue weighted by molar-refractivity contribution is -0.122.